The summed E-state index contributed by atoms with van der Waals surface area (Å²) in [6.07, 6.45) is 3.24. The molecule has 0 aliphatic carbocycles. The number of ether oxygens (including phenoxy) is 1. The van der Waals surface area contributed by atoms with Gasteiger partial charge in [0.25, 0.3) is 5.91 Å². The molecule has 1 aliphatic heterocycles. The molecule has 3 heterocycles. The van der Waals surface area contributed by atoms with Crippen LogP contribution in [-0.2, 0) is 0 Å². The molecule has 0 atom stereocenters. The Labute approximate surface area is 172 Å². The van der Waals surface area contributed by atoms with Crippen molar-refractivity contribution in [2.45, 2.75) is 5.92 Å². The Morgan fingerprint density at radius 1 is 0.933 bits per heavy atom. The first-order valence-electron chi connectivity index (χ1n) is 9.50. The minimum atomic E-state index is -0.0936. The number of amides is 1. The van der Waals surface area contributed by atoms with Gasteiger partial charge in [-0.2, -0.15) is 4.98 Å². The van der Waals surface area contributed by atoms with Crippen molar-refractivity contribution < 1.29 is 14.1 Å². The van der Waals surface area contributed by atoms with Gasteiger partial charge in [-0.15, -0.1) is 0 Å². The monoisotopic (exact) mass is 399 g/mol. The first kappa shape index (κ1) is 18.0. The van der Waals surface area contributed by atoms with E-state index in [1.54, 1.807) is 35.5 Å². The van der Waals surface area contributed by atoms with Crippen molar-refractivity contribution in [2.75, 3.05) is 13.1 Å². The zero-order valence-corrected chi connectivity index (χ0v) is 15.9. The van der Waals surface area contributed by atoms with Gasteiger partial charge < -0.3 is 14.2 Å². The highest BCUT2D eigenvalue weighted by Gasteiger charge is 2.37. The van der Waals surface area contributed by atoms with Crippen LogP contribution in [0.1, 0.15) is 22.2 Å². The summed E-state index contributed by atoms with van der Waals surface area (Å²) in [6.45, 7) is 0.992. The number of para-hydroxylation sites is 2. The molecule has 8 heteroatoms. The van der Waals surface area contributed by atoms with E-state index in [0.29, 0.717) is 47.7 Å². The average molecular weight is 399 g/mol. The Bertz CT molecular complexity index is 1160. The molecule has 0 N–H and O–H groups in total. The Morgan fingerprint density at radius 2 is 1.67 bits per heavy atom. The van der Waals surface area contributed by atoms with E-state index in [2.05, 4.69) is 20.1 Å². The van der Waals surface area contributed by atoms with Gasteiger partial charge >= 0.3 is 0 Å². The maximum absolute atomic E-state index is 13.0. The third kappa shape index (κ3) is 3.50. The van der Waals surface area contributed by atoms with E-state index in [1.165, 1.54) is 0 Å². The second-order valence-corrected chi connectivity index (χ2v) is 6.85. The molecule has 8 nitrogen and oxygen atoms in total. The minimum Gasteiger partial charge on any atom is -0.457 e. The van der Waals surface area contributed by atoms with Crippen LogP contribution in [0, 0.1) is 0 Å². The fraction of sp³-hybridized carbons (Fsp3) is 0.136. The van der Waals surface area contributed by atoms with Gasteiger partial charge in [-0.3, -0.25) is 4.79 Å². The van der Waals surface area contributed by atoms with Gasteiger partial charge in [0.1, 0.15) is 11.5 Å². The van der Waals surface area contributed by atoms with E-state index in [4.69, 9.17) is 9.26 Å². The zero-order valence-electron chi connectivity index (χ0n) is 15.9. The summed E-state index contributed by atoms with van der Waals surface area (Å²) >= 11 is 0. The Morgan fingerprint density at radius 3 is 2.47 bits per heavy atom. The predicted octanol–water partition coefficient (Wildman–Crippen LogP) is 3.56. The number of hydrogen-bond acceptors (Lipinski definition) is 7. The number of hydrogen-bond donors (Lipinski definition) is 0. The van der Waals surface area contributed by atoms with Gasteiger partial charge in [0.05, 0.1) is 11.5 Å². The average Bonchev–Trinajstić information content (AvgIpc) is 3.24. The molecule has 0 bridgehead atoms. The standard InChI is InChI=1S/C22H17N5O3/c28-22(17-9-4-5-10-18(17)29-16-7-2-1-3-8-16)27-13-15(14-27)21-25-20(26-30-21)19-23-11-6-12-24-19/h1-12,15H,13-14H2. The molecule has 2 aromatic heterocycles. The van der Waals surface area contributed by atoms with Crippen molar-refractivity contribution in [2.24, 2.45) is 0 Å². The topological polar surface area (TPSA) is 94.2 Å². The van der Waals surface area contributed by atoms with E-state index in [9.17, 15) is 4.79 Å². The predicted molar refractivity (Wildman–Crippen MR) is 107 cm³/mol. The number of benzene rings is 2. The van der Waals surface area contributed by atoms with Crippen LogP contribution >= 0.6 is 0 Å². The lowest BCUT2D eigenvalue weighted by atomic mass is 9.98. The normalized spacial score (nSPS) is 13.7. The van der Waals surface area contributed by atoms with Gasteiger partial charge in [0.15, 0.2) is 0 Å². The molecule has 5 rings (SSSR count). The largest absolute Gasteiger partial charge is 0.457 e. The first-order valence-corrected chi connectivity index (χ1v) is 9.50. The van der Waals surface area contributed by atoms with Crippen LogP contribution in [-0.4, -0.2) is 44.0 Å². The molecule has 1 aliphatic rings. The van der Waals surface area contributed by atoms with Gasteiger partial charge in [-0.05, 0) is 30.3 Å². The SMILES string of the molecule is O=C(c1ccccc1Oc1ccccc1)N1CC(c2nc(-c3ncccn3)no2)C1. The van der Waals surface area contributed by atoms with Crippen molar-refractivity contribution >= 4 is 5.91 Å². The van der Waals surface area contributed by atoms with Crippen molar-refractivity contribution in [3.8, 4) is 23.1 Å². The van der Waals surface area contributed by atoms with E-state index in [-0.39, 0.29) is 11.8 Å². The van der Waals surface area contributed by atoms with Crippen molar-refractivity contribution in [1.82, 2.24) is 25.0 Å². The highest BCUT2D eigenvalue weighted by Crippen LogP contribution is 2.31. The molecule has 1 fully saturated rings. The highest BCUT2D eigenvalue weighted by molar-refractivity contribution is 5.97. The van der Waals surface area contributed by atoms with Crippen LogP contribution in [0.25, 0.3) is 11.6 Å². The lowest BCUT2D eigenvalue weighted by Crippen LogP contribution is -2.48. The Kier molecular flexibility index (Phi) is 4.65. The van der Waals surface area contributed by atoms with Crippen LogP contribution < -0.4 is 4.74 Å². The van der Waals surface area contributed by atoms with E-state index < -0.39 is 0 Å². The summed E-state index contributed by atoms with van der Waals surface area (Å²) < 4.78 is 11.3. The maximum Gasteiger partial charge on any atom is 0.257 e. The number of likely N-dealkylation sites (tertiary alicyclic amines) is 1. The van der Waals surface area contributed by atoms with Crippen LogP contribution in [0.2, 0.25) is 0 Å². The quantitative estimate of drug-likeness (QED) is 0.506. The van der Waals surface area contributed by atoms with Crippen LogP contribution in [0.15, 0.2) is 77.6 Å². The summed E-state index contributed by atoms with van der Waals surface area (Å²) in [5.74, 6) is 2.34. The molecular formula is C22H17N5O3. The molecule has 2 aromatic carbocycles. The highest BCUT2D eigenvalue weighted by atomic mass is 16.5. The lowest BCUT2D eigenvalue weighted by molar-refractivity contribution is 0.0566. The summed E-state index contributed by atoms with van der Waals surface area (Å²) in [5.41, 5.74) is 0.517. The molecule has 1 amide bonds. The third-order valence-corrected chi connectivity index (χ3v) is 4.81. The molecule has 0 radical (unpaired) electrons. The van der Waals surface area contributed by atoms with Crippen LogP contribution in [0.4, 0.5) is 0 Å². The molecule has 0 saturated carbocycles. The summed E-state index contributed by atoms with van der Waals surface area (Å²) in [5, 5.41) is 3.94. The van der Waals surface area contributed by atoms with Gasteiger partial charge in [0.2, 0.25) is 17.5 Å². The zero-order chi connectivity index (χ0) is 20.3. The van der Waals surface area contributed by atoms with Crippen molar-refractivity contribution in [3.63, 3.8) is 0 Å². The summed E-state index contributed by atoms with van der Waals surface area (Å²) in [6, 6.07) is 18.3. The molecule has 0 spiro atoms. The lowest BCUT2D eigenvalue weighted by Gasteiger charge is -2.37. The molecule has 4 aromatic rings. The number of carbonyl (C=O) groups is 1. The molecule has 148 valence electrons. The Hall–Kier alpha value is -4.07. The fourth-order valence-corrected chi connectivity index (χ4v) is 3.23. The number of aromatic nitrogens is 4. The molecule has 0 unspecified atom stereocenters. The molecule has 1 saturated heterocycles. The second kappa shape index (κ2) is 7.75. The van der Waals surface area contributed by atoms with Crippen molar-refractivity contribution in [3.05, 3.63) is 84.5 Å². The molecule has 30 heavy (non-hydrogen) atoms. The smallest absolute Gasteiger partial charge is 0.257 e. The third-order valence-electron chi connectivity index (χ3n) is 4.81. The van der Waals surface area contributed by atoms with E-state index in [0.717, 1.165) is 0 Å². The van der Waals surface area contributed by atoms with Crippen LogP contribution in [0.3, 0.4) is 0 Å². The van der Waals surface area contributed by atoms with Crippen LogP contribution in [0.5, 0.6) is 11.5 Å². The van der Waals surface area contributed by atoms with Gasteiger partial charge in [-0.1, -0.05) is 35.5 Å². The van der Waals surface area contributed by atoms with E-state index in [1.807, 2.05) is 42.5 Å². The summed E-state index contributed by atoms with van der Waals surface area (Å²) in [4.78, 5) is 27.4. The first-order chi connectivity index (χ1) is 14.8. The van der Waals surface area contributed by atoms with E-state index >= 15 is 0 Å². The number of carbonyl (C=O) groups excluding carboxylic acids is 1. The van der Waals surface area contributed by atoms with Gasteiger partial charge in [-0.25, -0.2) is 9.97 Å². The summed E-state index contributed by atoms with van der Waals surface area (Å²) in [7, 11) is 0. The fourth-order valence-electron chi connectivity index (χ4n) is 3.23. The second-order valence-electron chi connectivity index (χ2n) is 6.85. The maximum atomic E-state index is 13.0. The number of rotatable bonds is 5. The number of nitrogens with zero attached hydrogens (tertiary/aromatic N) is 5. The van der Waals surface area contributed by atoms with Gasteiger partial charge in [0, 0.05) is 25.5 Å². The minimum absolute atomic E-state index is 0.0129. The Balaban J connectivity index is 1.27. The molecular weight excluding hydrogens is 382 g/mol. The van der Waals surface area contributed by atoms with Crippen molar-refractivity contribution in [1.29, 1.82) is 0 Å².